The molecule has 1 aromatic carbocycles. The topological polar surface area (TPSA) is 49.8 Å². The Morgan fingerprint density at radius 2 is 1.93 bits per heavy atom. The number of hydrogen-bond acceptors (Lipinski definition) is 2. The fourth-order valence-corrected chi connectivity index (χ4v) is 2.23. The number of nitrogens with two attached hydrogens (primary N) is 1. The van der Waals surface area contributed by atoms with Crippen LogP contribution < -0.4 is 5.73 Å². The van der Waals surface area contributed by atoms with Crippen LogP contribution in [0.25, 0.3) is 0 Å². The molecule has 0 saturated heterocycles. The van der Waals surface area contributed by atoms with Crippen molar-refractivity contribution in [2.24, 2.45) is 5.73 Å². The maximum absolute atomic E-state index is 8.73. The summed E-state index contributed by atoms with van der Waals surface area (Å²) in [6.45, 7) is 0. The highest BCUT2D eigenvalue weighted by atomic mass is 35.5. The zero-order valence-electron chi connectivity index (χ0n) is 8.52. The summed E-state index contributed by atoms with van der Waals surface area (Å²) in [6.07, 6.45) is 2.67. The van der Waals surface area contributed by atoms with Crippen LogP contribution in [0, 0.1) is 11.3 Å². The van der Waals surface area contributed by atoms with E-state index in [1.165, 1.54) is 11.1 Å². The molecule has 0 aliphatic heterocycles. The predicted octanol–water partition coefficient (Wildman–Crippen LogP) is 2.90. The SMILES string of the molecule is Cl.N#CCC1CC[C@H](N)c2ccccc21. The van der Waals surface area contributed by atoms with Crippen molar-refractivity contribution in [3.05, 3.63) is 35.4 Å². The van der Waals surface area contributed by atoms with Crippen LogP contribution in [0.2, 0.25) is 0 Å². The van der Waals surface area contributed by atoms with Crippen LogP contribution in [0.4, 0.5) is 0 Å². The van der Waals surface area contributed by atoms with Crippen molar-refractivity contribution in [1.82, 2.24) is 0 Å². The number of nitrogens with zero attached hydrogens (tertiary/aromatic N) is 1. The van der Waals surface area contributed by atoms with Gasteiger partial charge in [0.1, 0.15) is 0 Å². The van der Waals surface area contributed by atoms with E-state index >= 15 is 0 Å². The van der Waals surface area contributed by atoms with Gasteiger partial charge in [0.05, 0.1) is 6.07 Å². The van der Waals surface area contributed by atoms with Gasteiger partial charge < -0.3 is 5.73 Å². The van der Waals surface area contributed by atoms with Crippen molar-refractivity contribution in [2.75, 3.05) is 0 Å². The quantitative estimate of drug-likeness (QED) is 0.795. The van der Waals surface area contributed by atoms with Gasteiger partial charge in [0.2, 0.25) is 0 Å². The van der Waals surface area contributed by atoms with Crippen LogP contribution in [-0.2, 0) is 0 Å². The van der Waals surface area contributed by atoms with Gasteiger partial charge in [-0.15, -0.1) is 12.4 Å². The van der Waals surface area contributed by atoms with Crippen LogP contribution in [0.15, 0.2) is 24.3 Å². The molecule has 1 aliphatic carbocycles. The normalized spacial score (nSPS) is 23.5. The summed E-state index contributed by atoms with van der Waals surface area (Å²) in [7, 11) is 0. The number of rotatable bonds is 1. The fraction of sp³-hybridized carbons (Fsp3) is 0.417. The minimum Gasteiger partial charge on any atom is -0.324 e. The lowest BCUT2D eigenvalue weighted by Gasteiger charge is -2.28. The maximum atomic E-state index is 8.73. The molecule has 2 nitrogen and oxygen atoms in total. The molecule has 80 valence electrons. The van der Waals surface area contributed by atoms with Crippen molar-refractivity contribution in [2.45, 2.75) is 31.2 Å². The van der Waals surface area contributed by atoms with Crippen LogP contribution in [0.3, 0.4) is 0 Å². The number of halogens is 1. The van der Waals surface area contributed by atoms with E-state index in [0.29, 0.717) is 12.3 Å². The first-order chi connectivity index (χ1) is 6.83. The molecule has 1 aromatic rings. The molecule has 0 spiro atoms. The highest BCUT2D eigenvalue weighted by molar-refractivity contribution is 5.85. The first-order valence-corrected chi connectivity index (χ1v) is 5.04. The molecule has 2 N–H and O–H groups in total. The molecular formula is C12H15ClN2. The standard InChI is InChI=1S/C12H14N2.ClH/c13-8-7-9-5-6-12(14)11-4-2-1-3-10(9)11;/h1-4,9,12H,5-7,14H2;1H/t9?,12-;/m0./s1. The Balaban J connectivity index is 0.00000112. The molecule has 0 amide bonds. The van der Waals surface area contributed by atoms with E-state index in [-0.39, 0.29) is 18.4 Å². The van der Waals surface area contributed by atoms with Crippen LogP contribution in [0.5, 0.6) is 0 Å². The second kappa shape index (κ2) is 5.16. The number of fused-ring (bicyclic) bond motifs is 1. The van der Waals surface area contributed by atoms with Gasteiger partial charge in [-0.1, -0.05) is 24.3 Å². The zero-order chi connectivity index (χ0) is 9.97. The number of benzene rings is 1. The van der Waals surface area contributed by atoms with Crippen LogP contribution in [-0.4, -0.2) is 0 Å². The predicted molar refractivity (Wildman–Crippen MR) is 62.8 cm³/mol. The molecule has 0 saturated carbocycles. The Labute approximate surface area is 96.5 Å². The zero-order valence-corrected chi connectivity index (χ0v) is 9.33. The maximum Gasteiger partial charge on any atom is 0.0628 e. The van der Waals surface area contributed by atoms with Gasteiger partial charge in [-0.2, -0.15) is 5.26 Å². The monoisotopic (exact) mass is 222 g/mol. The van der Waals surface area contributed by atoms with E-state index in [0.717, 1.165) is 12.8 Å². The minimum absolute atomic E-state index is 0. The summed E-state index contributed by atoms with van der Waals surface area (Å²) in [5.41, 5.74) is 8.54. The van der Waals surface area contributed by atoms with Gasteiger partial charge in [0.25, 0.3) is 0 Å². The van der Waals surface area contributed by atoms with Gasteiger partial charge >= 0.3 is 0 Å². The highest BCUT2D eigenvalue weighted by Crippen LogP contribution is 2.37. The Morgan fingerprint density at radius 1 is 1.27 bits per heavy atom. The van der Waals surface area contributed by atoms with Crippen LogP contribution in [0.1, 0.15) is 42.3 Å². The molecule has 2 atom stereocenters. The number of hydrogen-bond donors (Lipinski definition) is 1. The largest absolute Gasteiger partial charge is 0.324 e. The molecule has 1 unspecified atom stereocenters. The van der Waals surface area contributed by atoms with E-state index in [9.17, 15) is 0 Å². The molecule has 1 aliphatic rings. The summed E-state index contributed by atoms with van der Waals surface area (Å²) in [4.78, 5) is 0. The van der Waals surface area contributed by atoms with Gasteiger partial charge in [-0.25, -0.2) is 0 Å². The molecule has 0 aromatic heterocycles. The van der Waals surface area contributed by atoms with Gasteiger partial charge in [0.15, 0.2) is 0 Å². The molecular weight excluding hydrogens is 208 g/mol. The van der Waals surface area contributed by atoms with Gasteiger partial charge in [0, 0.05) is 12.5 Å². The fourth-order valence-electron chi connectivity index (χ4n) is 2.23. The van der Waals surface area contributed by atoms with Gasteiger partial charge in [-0.05, 0) is 29.9 Å². The summed E-state index contributed by atoms with van der Waals surface area (Å²) >= 11 is 0. The summed E-state index contributed by atoms with van der Waals surface area (Å²) in [5, 5.41) is 8.73. The average Bonchev–Trinajstić information content (AvgIpc) is 2.23. The van der Waals surface area contributed by atoms with Crippen molar-refractivity contribution in [3.63, 3.8) is 0 Å². The van der Waals surface area contributed by atoms with Gasteiger partial charge in [-0.3, -0.25) is 0 Å². The molecule has 0 radical (unpaired) electrons. The molecule has 15 heavy (non-hydrogen) atoms. The first kappa shape index (κ1) is 12.0. The molecule has 3 heteroatoms. The molecule has 0 bridgehead atoms. The van der Waals surface area contributed by atoms with E-state index in [1.54, 1.807) is 0 Å². The lowest BCUT2D eigenvalue weighted by molar-refractivity contribution is 0.496. The second-order valence-electron chi connectivity index (χ2n) is 3.87. The molecule has 0 heterocycles. The van der Waals surface area contributed by atoms with E-state index < -0.39 is 0 Å². The molecule has 0 fully saturated rings. The lowest BCUT2D eigenvalue weighted by Crippen LogP contribution is -2.20. The average molecular weight is 223 g/mol. The lowest BCUT2D eigenvalue weighted by atomic mass is 9.79. The van der Waals surface area contributed by atoms with E-state index in [1.807, 2.05) is 12.1 Å². The Bertz CT molecular complexity index is 370. The third-order valence-corrected chi connectivity index (χ3v) is 3.00. The van der Waals surface area contributed by atoms with Crippen molar-refractivity contribution in [3.8, 4) is 6.07 Å². The first-order valence-electron chi connectivity index (χ1n) is 5.04. The Kier molecular flexibility index (Phi) is 4.14. The van der Waals surface area contributed by atoms with Crippen molar-refractivity contribution >= 4 is 12.4 Å². The highest BCUT2D eigenvalue weighted by Gasteiger charge is 2.23. The summed E-state index contributed by atoms with van der Waals surface area (Å²) < 4.78 is 0. The van der Waals surface area contributed by atoms with Crippen LogP contribution >= 0.6 is 12.4 Å². The third-order valence-electron chi connectivity index (χ3n) is 3.00. The van der Waals surface area contributed by atoms with Crippen molar-refractivity contribution in [1.29, 1.82) is 5.26 Å². The minimum atomic E-state index is 0. The Hall–Kier alpha value is -1.04. The third kappa shape index (κ3) is 2.31. The number of nitriles is 1. The Morgan fingerprint density at radius 3 is 2.60 bits per heavy atom. The molecule has 2 rings (SSSR count). The smallest absolute Gasteiger partial charge is 0.0628 e. The summed E-state index contributed by atoms with van der Waals surface area (Å²) in [5.74, 6) is 0.399. The van der Waals surface area contributed by atoms with E-state index in [2.05, 4.69) is 18.2 Å². The second-order valence-corrected chi connectivity index (χ2v) is 3.87. The van der Waals surface area contributed by atoms with E-state index in [4.69, 9.17) is 11.0 Å². The summed E-state index contributed by atoms with van der Waals surface area (Å²) in [6, 6.07) is 10.7. The van der Waals surface area contributed by atoms with Crippen molar-refractivity contribution < 1.29 is 0 Å².